The van der Waals surface area contributed by atoms with Crippen LogP contribution in [-0.4, -0.2) is 37.9 Å². The third-order valence-corrected chi connectivity index (χ3v) is 8.32. The maximum absolute atomic E-state index is 13.2. The van der Waals surface area contributed by atoms with Crippen LogP contribution in [0.25, 0.3) is 11.6 Å². The molecule has 2 aromatic carbocycles. The molecule has 0 fully saturated rings. The number of aromatic nitrogens is 1. The second kappa shape index (κ2) is 10.1. The number of alkyl halides is 3. The van der Waals surface area contributed by atoms with E-state index in [4.69, 9.17) is 23.2 Å². The molecular formula is C25H20Cl2F3N3O4S. The standard InChI is InChI=1S/C25H20Cl2F3N3O4S/c1-12-21(32-13(2)22(12)24(35)31-11-25(28,29)30)9-16-15-8-14(6-7-20(15)33-23(16)34)38(36,37)10-17-18(26)4-3-5-19(17)27/h3-9,32H,10-11H2,1-2H3,(H,31,35)(H,33,34)/b16-9-. The van der Waals surface area contributed by atoms with Crippen molar-refractivity contribution >= 4 is 62.2 Å². The SMILES string of the molecule is Cc1[nH]c(/C=C2\C(=O)Nc3ccc(S(=O)(=O)Cc4c(Cl)cccc4Cl)cc32)c(C)c1C(=O)NCC(F)(F)F. The van der Waals surface area contributed by atoms with Crippen LogP contribution in [0, 0.1) is 13.8 Å². The van der Waals surface area contributed by atoms with Gasteiger partial charge in [-0.05, 0) is 55.8 Å². The van der Waals surface area contributed by atoms with E-state index in [2.05, 4.69) is 10.3 Å². The number of hydrogen-bond acceptors (Lipinski definition) is 4. The predicted molar refractivity (Wildman–Crippen MR) is 139 cm³/mol. The van der Waals surface area contributed by atoms with Crippen molar-refractivity contribution < 1.29 is 31.2 Å². The number of carbonyl (C=O) groups excluding carboxylic acids is 2. The third-order valence-electron chi connectivity index (χ3n) is 5.97. The van der Waals surface area contributed by atoms with Crippen LogP contribution in [-0.2, 0) is 20.4 Å². The lowest BCUT2D eigenvalue weighted by atomic mass is 10.0. The van der Waals surface area contributed by atoms with Gasteiger partial charge >= 0.3 is 6.18 Å². The molecular weight excluding hydrogens is 566 g/mol. The lowest BCUT2D eigenvalue weighted by molar-refractivity contribution is -0.123. The van der Waals surface area contributed by atoms with Crippen LogP contribution in [0.4, 0.5) is 18.9 Å². The summed E-state index contributed by atoms with van der Waals surface area (Å²) in [4.78, 5) is 28.0. The second-order valence-electron chi connectivity index (χ2n) is 8.64. The molecule has 38 heavy (non-hydrogen) atoms. The summed E-state index contributed by atoms with van der Waals surface area (Å²) < 4.78 is 64.0. The van der Waals surface area contributed by atoms with E-state index in [1.165, 1.54) is 50.3 Å². The van der Waals surface area contributed by atoms with E-state index in [1.54, 1.807) is 6.07 Å². The molecule has 1 aromatic heterocycles. The Balaban J connectivity index is 1.70. The van der Waals surface area contributed by atoms with E-state index >= 15 is 0 Å². The van der Waals surface area contributed by atoms with E-state index in [9.17, 15) is 31.2 Å². The van der Waals surface area contributed by atoms with Crippen LogP contribution in [0.1, 0.15) is 38.4 Å². The quantitative estimate of drug-likeness (QED) is 0.322. The Kier molecular flexibility index (Phi) is 7.39. The smallest absolute Gasteiger partial charge is 0.358 e. The van der Waals surface area contributed by atoms with Crippen LogP contribution in [0.2, 0.25) is 10.0 Å². The molecule has 0 radical (unpaired) electrons. The lowest BCUT2D eigenvalue weighted by Crippen LogP contribution is -2.34. The van der Waals surface area contributed by atoms with Crippen molar-refractivity contribution in [1.29, 1.82) is 0 Å². The molecule has 2 heterocycles. The molecule has 0 spiro atoms. The molecule has 200 valence electrons. The first-order valence-corrected chi connectivity index (χ1v) is 13.5. The summed E-state index contributed by atoms with van der Waals surface area (Å²) >= 11 is 12.3. The molecule has 1 aliphatic heterocycles. The highest BCUT2D eigenvalue weighted by atomic mass is 35.5. The number of aromatic amines is 1. The Labute approximate surface area is 225 Å². The number of aryl methyl sites for hydroxylation is 1. The van der Waals surface area contributed by atoms with Gasteiger partial charge < -0.3 is 15.6 Å². The highest BCUT2D eigenvalue weighted by Crippen LogP contribution is 2.37. The summed E-state index contributed by atoms with van der Waals surface area (Å²) in [5, 5.41) is 4.89. The topological polar surface area (TPSA) is 108 Å². The zero-order valence-electron chi connectivity index (χ0n) is 19.9. The van der Waals surface area contributed by atoms with E-state index in [0.717, 1.165) is 0 Å². The summed E-state index contributed by atoms with van der Waals surface area (Å²) in [7, 11) is -3.92. The molecule has 3 aromatic rings. The van der Waals surface area contributed by atoms with E-state index < -0.39 is 40.1 Å². The Morgan fingerprint density at radius 1 is 1.11 bits per heavy atom. The average molecular weight is 586 g/mol. The number of benzene rings is 2. The maximum atomic E-state index is 13.2. The van der Waals surface area contributed by atoms with Gasteiger partial charge in [-0.15, -0.1) is 0 Å². The summed E-state index contributed by atoms with van der Waals surface area (Å²) in [6, 6.07) is 8.82. The molecule has 0 aliphatic carbocycles. The maximum Gasteiger partial charge on any atom is 0.405 e. The molecule has 0 saturated heterocycles. The molecule has 1 aliphatic rings. The minimum Gasteiger partial charge on any atom is -0.358 e. The van der Waals surface area contributed by atoms with Crippen LogP contribution < -0.4 is 10.6 Å². The molecule has 4 rings (SSSR count). The van der Waals surface area contributed by atoms with Crippen molar-refractivity contribution in [2.75, 3.05) is 11.9 Å². The van der Waals surface area contributed by atoms with Crippen LogP contribution >= 0.6 is 23.2 Å². The van der Waals surface area contributed by atoms with Crippen molar-refractivity contribution in [2.24, 2.45) is 0 Å². The molecule has 0 atom stereocenters. The minimum atomic E-state index is -4.57. The van der Waals surface area contributed by atoms with Gasteiger partial charge in [-0.2, -0.15) is 13.2 Å². The molecule has 0 bridgehead atoms. The van der Waals surface area contributed by atoms with Gasteiger partial charge in [-0.1, -0.05) is 29.3 Å². The number of rotatable bonds is 6. The zero-order valence-corrected chi connectivity index (χ0v) is 22.2. The molecule has 0 saturated carbocycles. The monoisotopic (exact) mass is 585 g/mol. The van der Waals surface area contributed by atoms with Gasteiger partial charge in [-0.3, -0.25) is 9.59 Å². The first-order valence-electron chi connectivity index (χ1n) is 11.0. The normalized spacial score (nSPS) is 14.5. The lowest BCUT2D eigenvalue weighted by Gasteiger charge is -2.10. The fourth-order valence-electron chi connectivity index (χ4n) is 4.12. The van der Waals surface area contributed by atoms with Gasteiger partial charge in [0.25, 0.3) is 11.8 Å². The predicted octanol–water partition coefficient (Wildman–Crippen LogP) is 5.70. The fraction of sp³-hybridized carbons (Fsp3) is 0.200. The molecule has 0 unspecified atom stereocenters. The Morgan fingerprint density at radius 3 is 2.39 bits per heavy atom. The number of carbonyl (C=O) groups is 2. The summed E-state index contributed by atoms with van der Waals surface area (Å²) in [6.45, 7) is 1.56. The zero-order chi connectivity index (χ0) is 28.0. The van der Waals surface area contributed by atoms with Gasteiger partial charge in [0.2, 0.25) is 0 Å². The number of fused-ring (bicyclic) bond motifs is 1. The van der Waals surface area contributed by atoms with Gasteiger partial charge in [0.05, 0.1) is 21.8 Å². The highest BCUT2D eigenvalue weighted by molar-refractivity contribution is 7.90. The van der Waals surface area contributed by atoms with Crippen LogP contribution in [0.15, 0.2) is 41.3 Å². The van der Waals surface area contributed by atoms with E-state index in [0.29, 0.717) is 28.2 Å². The number of hydrogen-bond donors (Lipinski definition) is 3. The number of amides is 2. The van der Waals surface area contributed by atoms with Gasteiger partial charge in [-0.25, -0.2) is 8.42 Å². The summed E-state index contributed by atoms with van der Waals surface area (Å²) in [6.07, 6.45) is -3.15. The van der Waals surface area contributed by atoms with Crippen molar-refractivity contribution in [3.8, 4) is 0 Å². The Hall–Kier alpha value is -3.28. The van der Waals surface area contributed by atoms with Crippen molar-refractivity contribution in [1.82, 2.24) is 10.3 Å². The summed E-state index contributed by atoms with van der Waals surface area (Å²) in [5.41, 5.74) is 2.00. The fourth-order valence-corrected chi connectivity index (χ4v) is 6.24. The second-order valence-corrected chi connectivity index (χ2v) is 11.4. The summed E-state index contributed by atoms with van der Waals surface area (Å²) in [5.74, 6) is -1.89. The third kappa shape index (κ3) is 5.59. The van der Waals surface area contributed by atoms with Crippen molar-refractivity contribution in [3.63, 3.8) is 0 Å². The largest absolute Gasteiger partial charge is 0.405 e. The first kappa shape index (κ1) is 27.7. The molecule has 7 nitrogen and oxygen atoms in total. The number of sulfone groups is 1. The van der Waals surface area contributed by atoms with E-state index in [1.807, 2.05) is 5.32 Å². The molecule has 2 amide bonds. The number of H-pyrrole nitrogens is 1. The molecule has 3 N–H and O–H groups in total. The Morgan fingerprint density at radius 2 is 1.76 bits per heavy atom. The number of anilines is 1. The van der Waals surface area contributed by atoms with E-state index in [-0.39, 0.29) is 31.6 Å². The van der Waals surface area contributed by atoms with Crippen LogP contribution in [0.3, 0.4) is 0 Å². The van der Waals surface area contributed by atoms with Gasteiger partial charge in [0.1, 0.15) is 6.54 Å². The highest BCUT2D eigenvalue weighted by Gasteiger charge is 2.30. The van der Waals surface area contributed by atoms with Gasteiger partial charge in [0, 0.05) is 38.2 Å². The van der Waals surface area contributed by atoms with Crippen LogP contribution in [0.5, 0.6) is 0 Å². The number of halogens is 5. The first-order chi connectivity index (χ1) is 17.7. The van der Waals surface area contributed by atoms with Gasteiger partial charge in [0.15, 0.2) is 9.84 Å². The Bertz CT molecular complexity index is 1590. The number of nitrogens with one attached hydrogen (secondary N) is 3. The van der Waals surface area contributed by atoms with Crippen molar-refractivity contribution in [2.45, 2.75) is 30.7 Å². The average Bonchev–Trinajstić information content (AvgIpc) is 3.28. The minimum absolute atomic E-state index is 0.0210. The molecule has 13 heteroatoms. The van der Waals surface area contributed by atoms with Crippen molar-refractivity contribution in [3.05, 3.63) is 80.1 Å².